The van der Waals surface area contributed by atoms with Crippen molar-refractivity contribution in [2.45, 2.75) is 82.8 Å². The fourth-order valence-electron chi connectivity index (χ4n) is 4.66. The van der Waals surface area contributed by atoms with Crippen LogP contribution in [0.25, 0.3) is 0 Å². The highest BCUT2D eigenvalue weighted by Gasteiger charge is 2.44. The Balaban J connectivity index is 1.33. The van der Waals surface area contributed by atoms with Crippen LogP contribution in [0.15, 0.2) is 23.6 Å². The maximum atomic E-state index is 13.2. The molecule has 0 unspecified atom stereocenters. The second kappa shape index (κ2) is 8.19. The number of aromatic nitrogens is 2. The zero-order valence-corrected chi connectivity index (χ0v) is 17.6. The van der Waals surface area contributed by atoms with E-state index in [1.54, 1.807) is 11.3 Å². The van der Waals surface area contributed by atoms with Gasteiger partial charge in [-0.2, -0.15) is 0 Å². The van der Waals surface area contributed by atoms with Crippen LogP contribution < -0.4 is 10.1 Å². The largest absolute Gasteiger partial charge is 0.460 e. The standard InChI is InChI=1S/C22H29N3O2S/c1-15-14-16(2)24-21(23-15)27-18-9-7-17(8-10-18)25-20(26)22(11-3-4-12-22)19-6-5-13-28-19/h5-6,13-14,17-18H,3-4,7-12H2,1-2H3,(H,25,26). The first-order valence-electron chi connectivity index (χ1n) is 10.4. The summed E-state index contributed by atoms with van der Waals surface area (Å²) in [6.45, 7) is 3.92. The molecule has 0 bridgehead atoms. The molecule has 6 heteroatoms. The minimum atomic E-state index is -0.297. The lowest BCUT2D eigenvalue weighted by molar-refractivity contribution is -0.127. The van der Waals surface area contributed by atoms with Crippen molar-refractivity contribution in [3.63, 3.8) is 0 Å². The van der Waals surface area contributed by atoms with Crippen molar-refractivity contribution in [3.8, 4) is 6.01 Å². The molecule has 0 radical (unpaired) electrons. The van der Waals surface area contributed by atoms with Gasteiger partial charge in [0.1, 0.15) is 6.10 Å². The van der Waals surface area contributed by atoms with E-state index in [4.69, 9.17) is 4.74 Å². The lowest BCUT2D eigenvalue weighted by Gasteiger charge is -2.33. The molecule has 1 N–H and O–H groups in total. The smallest absolute Gasteiger partial charge is 0.317 e. The third-order valence-corrected chi connectivity index (χ3v) is 7.20. The number of amides is 1. The molecule has 2 heterocycles. The van der Waals surface area contributed by atoms with Crippen molar-refractivity contribution in [1.82, 2.24) is 15.3 Å². The molecule has 2 aliphatic carbocycles. The van der Waals surface area contributed by atoms with Crippen LogP contribution in [0, 0.1) is 13.8 Å². The van der Waals surface area contributed by atoms with Crippen molar-refractivity contribution >= 4 is 17.2 Å². The molecule has 0 aliphatic heterocycles. The quantitative estimate of drug-likeness (QED) is 0.805. The maximum absolute atomic E-state index is 13.2. The number of rotatable bonds is 5. The Morgan fingerprint density at radius 1 is 1.14 bits per heavy atom. The van der Waals surface area contributed by atoms with Gasteiger partial charge in [0.2, 0.25) is 5.91 Å². The van der Waals surface area contributed by atoms with Gasteiger partial charge < -0.3 is 10.1 Å². The van der Waals surface area contributed by atoms with E-state index in [-0.39, 0.29) is 23.5 Å². The molecule has 0 saturated heterocycles. The van der Waals surface area contributed by atoms with Gasteiger partial charge in [0, 0.05) is 22.3 Å². The topological polar surface area (TPSA) is 64.1 Å². The second-order valence-electron chi connectivity index (χ2n) is 8.26. The third-order valence-electron chi connectivity index (χ3n) is 6.13. The third kappa shape index (κ3) is 4.07. The molecule has 0 aromatic carbocycles. The minimum Gasteiger partial charge on any atom is -0.460 e. The highest BCUT2D eigenvalue weighted by atomic mass is 32.1. The molecule has 2 aromatic heterocycles. The van der Waals surface area contributed by atoms with E-state index in [1.165, 1.54) is 4.88 Å². The molecular weight excluding hydrogens is 370 g/mol. The molecule has 150 valence electrons. The van der Waals surface area contributed by atoms with Crippen LogP contribution in [0.3, 0.4) is 0 Å². The first-order valence-corrected chi connectivity index (χ1v) is 11.3. The van der Waals surface area contributed by atoms with Crippen molar-refractivity contribution in [2.24, 2.45) is 0 Å². The molecule has 2 saturated carbocycles. The molecule has 5 nitrogen and oxygen atoms in total. The Morgan fingerprint density at radius 3 is 2.43 bits per heavy atom. The second-order valence-corrected chi connectivity index (χ2v) is 9.21. The van der Waals surface area contributed by atoms with Gasteiger partial charge in [-0.15, -0.1) is 11.3 Å². The van der Waals surface area contributed by atoms with Crippen LogP contribution in [0.1, 0.15) is 67.6 Å². The lowest BCUT2D eigenvalue weighted by Crippen LogP contribution is -2.48. The SMILES string of the molecule is Cc1cc(C)nc(OC2CCC(NC(=O)C3(c4cccs4)CCCC3)CC2)n1. The summed E-state index contributed by atoms with van der Waals surface area (Å²) in [7, 11) is 0. The predicted octanol–water partition coefficient (Wildman–Crippen LogP) is 4.47. The van der Waals surface area contributed by atoms with Crippen LogP contribution in [0.5, 0.6) is 6.01 Å². The van der Waals surface area contributed by atoms with Gasteiger partial charge in [-0.05, 0) is 69.9 Å². The molecule has 1 amide bonds. The molecular formula is C22H29N3O2S. The van der Waals surface area contributed by atoms with Gasteiger partial charge in [-0.3, -0.25) is 4.79 Å². The van der Waals surface area contributed by atoms with E-state index in [1.807, 2.05) is 19.9 Å². The van der Waals surface area contributed by atoms with Gasteiger partial charge in [0.25, 0.3) is 0 Å². The summed E-state index contributed by atoms with van der Waals surface area (Å²) in [5.74, 6) is 0.231. The van der Waals surface area contributed by atoms with Crippen LogP contribution in [-0.2, 0) is 10.2 Å². The Labute approximate surface area is 170 Å². The number of thiophene rings is 1. The van der Waals surface area contributed by atoms with Gasteiger partial charge in [-0.25, -0.2) is 9.97 Å². The lowest BCUT2D eigenvalue weighted by atomic mass is 9.82. The Kier molecular flexibility index (Phi) is 5.67. The van der Waals surface area contributed by atoms with Gasteiger partial charge in [-0.1, -0.05) is 18.9 Å². The number of hydrogen-bond donors (Lipinski definition) is 1. The number of nitrogens with zero attached hydrogens (tertiary/aromatic N) is 2. The van der Waals surface area contributed by atoms with E-state index in [0.29, 0.717) is 6.01 Å². The highest BCUT2D eigenvalue weighted by molar-refractivity contribution is 7.10. The summed E-state index contributed by atoms with van der Waals surface area (Å²) in [6, 6.07) is 6.86. The molecule has 2 aliphatic rings. The fourth-order valence-corrected chi connectivity index (χ4v) is 5.64. The van der Waals surface area contributed by atoms with E-state index in [9.17, 15) is 4.79 Å². The summed E-state index contributed by atoms with van der Waals surface area (Å²) in [6.07, 6.45) is 8.10. The molecule has 0 spiro atoms. The molecule has 4 rings (SSSR count). The van der Waals surface area contributed by atoms with Crippen LogP contribution in [0.4, 0.5) is 0 Å². The van der Waals surface area contributed by atoms with Crippen LogP contribution in [-0.4, -0.2) is 28.0 Å². The zero-order chi connectivity index (χ0) is 19.6. The van der Waals surface area contributed by atoms with Crippen LogP contribution >= 0.6 is 11.3 Å². The number of nitrogens with one attached hydrogen (secondary N) is 1. The Bertz CT molecular complexity index is 787. The summed E-state index contributed by atoms with van der Waals surface area (Å²) < 4.78 is 6.02. The summed E-state index contributed by atoms with van der Waals surface area (Å²) in [5.41, 5.74) is 1.56. The summed E-state index contributed by atoms with van der Waals surface area (Å²) in [4.78, 5) is 23.2. The van der Waals surface area contributed by atoms with Crippen molar-refractivity contribution in [1.29, 1.82) is 0 Å². The Morgan fingerprint density at radius 2 is 1.82 bits per heavy atom. The summed E-state index contributed by atoms with van der Waals surface area (Å²) >= 11 is 1.72. The normalized spacial score (nSPS) is 24.1. The van der Waals surface area contributed by atoms with Crippen molar-refractivity contribution < 1.29 is 9.53 Å². The molecule has 28 heavy (non-hydrogen) atoms. The van der Waals surface area contributed by atoms with Crippen molar-refractivity contribution in [2.75, 3.05) is 0 Å². The molecule has 2 fully saturated rings. The number of hydrogen-bond acceptors (Lipinski definition) is 5. The predicted molar refractivity (Wildman–Crippen MR) is 111 cm³/mol. The first kappa shape index (κ1) is 19.4. The van der Waals surface area contributed by atoms with Gasteiger partial charge in [0.05, 0.1) is 5.41 Å². The van der Waals surface area contributed by atoms with Gasteiger partial charge >= 0.3 is 6.01 Å². The van der Waals surface area contributed by atoms with E-state index in [2.05, 4.69) is 32.8 Å². The maximum Gasteiger partial charge on any atom is 0.317 e. The number of carbonyl (C=O) groups excluding carboxylic acids is 1. The number of ether oxygens (including phenoxy) is 1. The highest BCUT2D eigenvalue weighted by Crippen LogP contribution is 2.43. The molecule has 2 aromatic rings. The summed E-state index contributed by atoms with van der Waals surface area (Å²) in [5, 5.41) is 5.46. The van der Waals surface area contributed by atoms with Crippen molar-refractivity contribution in [3.05, 3.63) is 39.8 Å². The minimum absolute atomic E-state index is 0.132. The monoisotopic (exact) mass is 399 g/mol. The first-order chi connectivity index (χ1) is 13.5. The van der Waals surface area contributed by atoms with E-state index < -0.39 is 0 Å². The van der Waals surface area contributed by atoms with Gasteiger partial charge in [0.15, 0.2) is 0 Å². The average Bonchev–Trinajstić information content (AvgIpc) is 3.35. The average molecular weight is 400 g/mol. The zero-order valence-electron chi connectivity index (χ0n) is 16.7. The molecule has 0 atom stereocenters. The fraction of sp³-hybridized carbons (Fsp3) is 0.591. The van der Waals surface area contributed by atoms with Crippen LogP contribution in [0.2, 0.25) is 0 Å². The Hall–Kier alpha value is -1.95. The number of carbonyl (C=O) groups is 1. The number of aryl methyl sites for hydroxylation is 2. The van der Waals surface area contributed by atoms with E-state index >= 15 is 0 Å². The van der Waals surface area contributed by atoms with E-state index in [0.717, 1.165) is 62.8 Å².